The highest BCUT2D eigenvalue weighted by Gasteiger charge is 2.23. The van der Waals surface area contributed by atoms with Gasteiger partial charge in [0.05, 0.1) is 11.4 Å². The number of hydrogen-bond donors (Lipinski definition) is 2. The zero-order chi connectivity index (χ0) is 16.6. The number of carbonyl (C=O) groups excluding carboxylic acids is 1. The van der Waals surface area contributed by atoms with Crippen LogP contribution in [0.5, 0.6) is 0 Å². The average Bonchev–Trinajstić information content (AvgIpc) is 2.52. The van der Waals surface area contributed by atoms with Crippen molar-refractivity contribution in [2.75, 3.05) is 20.1 Å². The van der Waals surface area contributed by atoms with Crippen LogP contribution in [0.1, 0.15) is 26.2 Å². The smallest absolute Gasteiger partial charge is 0.243 e. The fraction of sp³-hybridized carbons (Fsp3) is 0.533. The fourth-order valence-corrected chi connectivity index (χ4v) is 3.18. The van der Waals surface area contributed by atoms with Crippen LogP contribution in [-0.2, 0) is 14.8 Å². The van der Waals surface area contributed by atoms with E-state index < -0.39 is 10.0 Å². The number of benzene rings is 1. The summed E-state index contributed by atoms with van der Waals surface area (Å²) in [5.41, 5.74) is 5.62. The summed E-state index contributed by atoms with van der Waals surface area (Å²) in [7, 11) is -2.26. The van der Waals surface area contributed by atoms with E-state index in [0.717, 1.165) is 23.6 Å². The molecular weight excluding hydrogens is 338 g/mol. The molecule has 3 N–H and O–H groups in total. The second-order valence-electron chi connectivity index (χ2n) is 5.22. The Balaban J connectivity index is 0.00000484. The van der Waals surface area contributed by atoms with Gasteiger partial charge >= 0.3 is 0 Å². The lowest BCUT2D eigenvalue weighted by Gasteiger charge is -2.20. The molecule has 0 radical (unpaired) electrons. The van der Waals surface area contributed by atoms with Gasteiger partial charge in [-0.1, -0.05) is 38.0 Å². The van der Waals surface area contributed by atoms with Gasteiger partial charge in [-0.05, 0) is 18.6 Å². The number of sulfonamides is 1. The third-order valence-electron chi connectivity index (χ3n) is 3.37. The van der Waals surface area contributed by atoms with E-state index in [2.05, 4.69) is 12.2 Å². The molecule has 1 amide bonds. The molecule has 1 unspecified atom stereocenters. The molecule has 6 nitrogen and oxygen atoms in total. The Hall–Kier alpha value is -1.15. The van der Waals surface area contributed by atoms with Gasteiger partial charge in [0.15, 0.2) is 0 Å². The van der Waals surface area contributed by atoms with Crippen molar-refractivity contribution in [3.05, 3.63) is 30.3 Å². The number of unbranched alkanes of at least 4 members (excludes halogenated alkanes) is 1. The minimum atomic E-state index is -3.65. The summed E-state index contributed by atoms with van der Waals surface area (Å²) in [6.45, 7) is 2.19. The van der Waals surface area contributed by atoms with E-state index in [-0.39, 0.29) is 35.8 Å². The molecule has 0 saturated carbocycles. The summed E-state index contributed by atoms with van der Waals surface area (Å²) < 4.78 is 25.7. The van der Waals surface area contributed by atoms with E-state index >= 15 is 0 Å². The Kier molecular flexibility index (Phi) is 10.1. The van der Waals surface area contributed by atoms with E-state index in [1.54, 1.807) is 18.2 Å². The monoisotopic (exact) mass is 363 g/mol. The maximum atomic E-state index is 12.3. The predicted octanol–water partition coefficient (Wildman–Crippen LogP) is 1.36. The molecular formula is C15H26ClN3O3S. The average molecular weight is 364 g/mol. The number of nitrogens with zero attached hydrogens (tertiary/aromatic N) is 1. The largest absolute Gasteiger partial charge is 0.351 e. The normalized spacial score (nSPS) is 12.5. The first-order chi connectivity index (χ1) is 10.4. The molecule has 1 atom stereocenters. The number of amides is 1. The number of nitrogens with two attached hydrogens (primary N) is 1. The van der Waals surface area contributed by atoms with Gasteiger partial charge in [0.2, 0.25) is 15.9 Å². The maximum absolute atomic E-state index is 12.3. The summed E-state index contributed by atoms with van der Waals surface area (Å²) in [5.74, 6) is -0.339. The fourth-order valence-electron chi connectivity index (χ4n) is 2.03. The van der Waals surface area contributed by atoms with Gasteiger partial charge < -0.3 is 11.1 Å². The molecule has 0 fully saturated rings. The van der Waals surface area contributed by atoms with Gasteiger partial charge in [-0.3, -0.25) is 4.79 Å². The van der Waals surface area contributed by atoms with Crippen molar-refractivity contribution in [3.63, 3.8) is 0 Å². The number of likely N-dealkylation sites (N-methyl/N-ethyl adjacent to an activating group) is 1. The Morgan fingerprint density at radius 1 is 1.30 bits per heavy atom. The van der Waals surface area contributed by atoms with E-state index in [0.29, 0.717) is 6.54 Å². The van der Waals surface area contributed by atoms with Crippen molar-refractivity contribution in [1.29, 1.82) is 0 Å². The molecule has 1 rings (SSSR count). The topological polar surface area (TPSA) is 92.5 Å². The first-order valence-electron chi connectivity index (χ1n) is 7.42. The van der Waals surface area contributed by atoms with Crippen LogP contribution in [-0.4, -0.2) is 44.8 Å². The van der Waals surface area contributed by atoms with Crippen LogP contribution in [0.25, 0.3) is 0 Å². The second-order valence-corrected chi connectivity index (χ2v) is 7.26. The first kappa shape index (κ1) is 21.9. The molecule has 0 aliphatic rings. The molecule has 0 aromatic heterocycles. The van der Waals surface area contributed by atoms with Gasteiger partial charge in [0, 0.05) is 19.6 Å². The van der Waals surface area contributed by atoms with Gasteiger partial charge in [-0.25, -0.2) is 8.42 Å². The number of rotatable bonds is 9. The van der Waals surface area contributed by atoms with Crippen LogP contribution in [0.4, 0.5) is 0 Å². The molecule has 0 heterocycles. The molecule has 1 aromatic carbocycles. The van der Waals surface area contributed by atoms with E-state index in [1.165, 1.54) is 19.2 Å². The highest BCUT2D eigenvalue weighted by atomic mass is 35.5. The Labute approximate surface area is 144 Å². The van der Waals surface area contributed by atoms with Crippen molar-refractivity contribution in [1.82, 2.24) is 9.62 Å². The number of hydrogen-bond acceptors (Lipinski definition) is 4. The van der Waals surface area contributed by atoms with Crippen molar-refractivity contribution >= 4 is 28.3 Å². The number of carbonyl (C=O) groups is 1. The summed E-state index contributed by atoms with van der Waals surface area (Å²) in [4.78, 5) is 12.2. The molecule has 0 spiro atoms. The SMILES string of the molecule is CCCCC(CN)NC(=O)CN(C)S(=O)(=O)c1ccccc1.Cl. The summed E-state index contributed by atoms with van der Waals surface area (Å²) in [5, 5.41) is 2.79. The lowest BCUT2D eigenvalue weighted by atomic mass is 10.1. The van der Waals surface area contributed by atoms with Gasteiger partial charge in [-0.2, -0.15) is 4.31 Å². The van der Waals surface area contributed by atoms with Crippen LogP contribution in [0.15, 0.2) is 35.2 Å². The van der Waals surface area contributed by atoms with E-state index in [1.807, 2.05) is 0 Å². The molecule has 0 saturated heterocycles. The number of halogens is 1. The number of nitrogens with one attached hydrogen (secondary N) is 1. The van der Waals surface area contributed by atoms with Crippen molar-refractivity contribution in [3.8, 4) is 0 Å². The molecule has 0 aliphatic heterocycles. The highest BCUT2D eigenvalue weighted by Crippen LogP contribution is 2.13. The quantitative estimate of drug-likeness (QED) is 0.692. The third kappa shape index (κ3) is 6.87. The van der Waals surface area contributed by atoms with Crippen molar-refractivity contribution in [2.24, 2.45) is 5.73 Å². The minimum Gasteiger partial charge on any atom is -0.351 e. The zero-order valence-electron chi connectivity index (χ0n) is 13.6. The lowest BCUT2D eigenvalue weighted by molar-refractivity contribution is -0.121. The Bertz CT molecular complexity index is 567. The van der Waals surface area contributed by atoms with Gasteiger partial charge in [0.25, 0.3) is 0 Å². The van der Waals surface area contributed by atoms with Gasteiger partial charge in [0.1, 0.15) is 0 Å². The van der Waals surface area contributed by atoms with E-state index in [9.17, 15) is 13.2 Å². The molecule has 0 aliphatic carbocycles. The van der Waals surface area contributed by atoms with Crippen LogP contribution < -0.4 is 11.1 Å². The Morgan fingerprint density at radius 3 is 2.43 bits per heavy atom. The molecule has 23 heavy (non-hydrogen) atoms. The Morgan fingerprint density at radius 2 is 1.91 bits per heavy atom. The predicted molar refractivity (Wildman–Crippen MR) is 94.0 cm³/mol. The summed E-state index contributed by atoms with van der Waals surface area (Å²) in [6.07, 6.45) is 2.79. The molecule has 132 valence electrons. The van der Waals surface area contributed by atoms with Crippen molar-refractivity contribution < 1.29 is 13.2 Å². The second kappa shape index (κ2) is 10.6. The van der Waals surface area contributed by atoms with Crippen LogP contribution in [0.3, 0.4) is 0 Å². The third-order valence-corrected chi connectivity index (χ3v) is 5.19. The van der Waals surface area contributed by atoms with Crippen LogP contribution >= 0.6 is 12.4 Å². The summed E-state index contributed by atoms with van der Waals surface area (Å²) >= 11 is 0. The molecule has 0 bridgehead atoms. The molecule has 1 aromatic rings. The maximum Gasteiger partial charge on any atom is 0.243 e. The highest BCUT2D eigenvalue weighted by molar-refractivity contribution is 7.89. The molecule has 8 heteroatoms. The van der Waals surface area contributed by atoms with Crippen LogP contribution in [0, 0.1) is 0 Å². The van der Waals surface area contributed by atoms with Gasteiger partial charge in [-0.15, -0.1) is 12.4 Å². The summed E-state index contributed by atoms with van der Waals surface area (Å²) in [6, 6.07) is 7.94. The standard InChI is InChI=1S/C15H25N3O3S.ClH/c1-3-4-8-13(11-16)17-15(19)12-18(2)22(20,21)14-9-6-5-7-10-14;/h5-7,9-10,13H,3-4,8,11-12,16H2,1-2H3,(H,17,19);1H. The minimum absolute atomic E-state index is 0. The van der Waals surface area contributed by atoms with E-state index in [4.69, 9.17) is 5.73 Å². The zero-order valence-corrected chi connectivity index (χ0v) is 15.2. The first-order valence-corrected chi connectivity index (χ1v) is 8.86. The van der Waals surface area contributed by atoms with Crippen molar-refractivity contribution in [2.45, 2.75) is 37.1 Å². The lowest BCUT2D eigenvalue weighted by Crippen LogP contribution is -2.45. The van der Waals surface area contributed by atoms with Crippen LogP contribution in [0.2, 0.25) is 0 Å².